The topological polar surface area (TPSA) is 112 Å². The highest BCUT2D eigenvalue weighted by Gasteiger charge is 2.30. The molecule has 0 radical (unpaired) electrons. The van der Waals surface area contributed by atoms with Crippen molar-refractivity contribution in [3.63, 3.8) is 0 Å². The highest BCUT2D eigenvalue weighted by molar-refractivity contribution is 7.89. The van der Waals surface area contributed by atoms with Gasteiger partial charge in [0.15, 0.2) is 0 Å². The number of anilines is 1. The Labute approximate surface area is 159 Å². The minimum atomic E-state index is -3.44. The predicted octanol–water partition coefficient (Wildman–Crippen LogP) is -0.824. The minimum Gasteiger partial charge on any atom is -0.354 e. The van der Waals surface area contributed by atoms with Gasteiger partial charge in [-0.2, -0.15) is 4.31 Å². The second-order valence-corrected chi connectivity index (χ2v) is 8.82. The van der Waals surface area contributed by atoms with E-state index in [1.165, 1.54) is 4.31 Å². The average Bonchev–Trinajstić information content (AvgIpc) is 3.52. The third kappa shape index (κ3) is 5.64. The van der Waals surface area contributed by atoms with Gasteiger partial charge in [-0.25, -0.2) is 13.4 Å². The quantitative estimate of drug-likeness (QED) is 0.595. The number of hydrogen-bond acceptors (Lipinski definition) is 6. The standard InChI is InChI=1S/C17H25N5O4S/c23-16(13-20-17(24)14-4-5-14)19-7-12-27(25,26)22-10-8-21(9-11-22)15-3-1-2-6-18-15/h1-3,6,14H,4-5,7-13H2,(H,19,23)(H,20,24). The molecule has 10 heteroatoms. The number of aromatic nitrogens is 1. The first-order chi connectivity index (χ1) is 13.0. The lowest BCUT2D eigenvalue weighted by Gasteiger charge is -2.34. The highest BCUT2D eigenvalue weighted by atomic mass is 32.2. The van der Waals surface area contributed by atoms with Crippen LogP contribution >= 0.6 is 0 Å². The molecule has 1 aromatic heterocycles. The van der Waals surface area contributed by atoms with Gasteiger partial charge in [0, 0.05) is 44.8 Å². The molecule has 9 nitrogen and oxygen atoms in total. The molecule has 27 heavy (non-hydrogen) atoms. The molecule has 1 saturated heterocycles. The van der Waals surface area contributed by atoms with Crippen molar-refractivity contribution in [2.24, 2.45) is 5.92 Å². The van der Waals surface area contributed by atoms with Gasteiger partial charge in [0.05, 0.1) is 12.3 Å². The van der Waals surface area contributed by atoms with E-state index in [0.717, 1.165) is 18.7 Å². The summed E-state index contributed by atoms with van der Waals surface area (Å²) in [7, 11) is -3.44. The number of sulfonamides is 1. The van der Waals surface area contributed by atoms with Gasteiger partial charge in [-0.3, -0.25) is 9.59 Å². The molecule has 2 aliphatic rings. The first-order valence-corrected chi connectivity index (χ1v) is 10.7. The zero-order valence-electron chi connectivity index (χ0n) is 15.1. The largest absolute Gasteiger partial charge is 0.354 e. The van der Waals surface area contributed by atoms with E-state index >= 15 is 0 Å². The van der Waals surface area contributed by atoms with Crippen LogP contribution in [0.25, 0.3) is 0 Å². The SMILES string of the molecule is O=C(CNC(=O)C1CC1)NCCS(=O)(=O)N1CCN(c2ccccn2)CC1. The number of nitrogens with zero attached hydrogens (tertiary/aromatic N) is 3. The molecule has 2 fully saturated rings. The van der Waals surface area contributed by atoms with Crippen LogP contribution in [-0.2, 0) is 19.6 Å². The number of rotatable bonds is 8. The summed E-state index contributed by atoms with van der Waals surface area (Å²) >= 11 is 0. The fourth-order valence-corrected chi connectivity index (χ4v) is 4.24. The van der Waals surface area contributed by atoms with Crippen LogP contribution in [0.4, 0.5) is 5.82 Å². The van der Waals surface area contributed by atoms with E-state index in [1.54, 1.807) is 6.20 Å². The Morgan fingerprint density at radius 2 is 1.85 bits per heavy atom. The van der Waals surface area contributed by atoms with Crippen molar-refractivity contribution < 1.29 is 18.0 Å². The van der Waals surface area contributed by atoms with Gasteiger partial charge < -0.3 is 15.5 Å². The second kappa shape index (κ2) is 8.66. The summed E-state index contributed by atoms with van der Waals surface area (Å²) in [6.45, 7) is 1.86. The van der Waals surface area contributed by atoms with Crippen LogP contribution in [0, 0.1) is 5.92 Å². The van der Waals surface area contributed by atoms with E-state index in [4.69, 9.17) is 0 Å². The molecule has 3 rings (SSSR count). The zero-order chi connectivity index (χ0) is 19.3. The molecule has 0 spiro atoms. The average molecular weight is 395 g/mol. The predicted molar refractivity (Wildman–Crippen MR) is 101 cm³/mol. The molecule has 2 heterocycles. The summed E-state index contributed by atoms with van der Waals surface area (Å²) < 4.78 is 26.3. The van der Waals surface area contributed by atoms with Crippen LogP contribution in [0.2, 0.25) is 0 Å². The van der Waals surface area contributed by atoms with E-state index in [-0.39, 0.29) is 36.6 Å². The van der Waals surface area contributed by atoms with Gasteiger partial charge in [0.25, 0.3) is 0 Å². The number of carbonyl (C=O) groups is 2. The molecule has 0 unspecified atom stereocenters. The number of amides is 2. The Bertz CT molecular complexity index is 759. The first kappa shape index (κ1) is 19.6. The molecule has 1 aliphatic carbocycles. The lowest BCUT2D eigenvalue weighted by molar-refractivity contribution is -0.126. The molecule has 0 aromatic carbocycles. The van der Waals surface area contributed by atoms with Gasteiger partial charge in [-0.05, 0) is 25.0 Å². The Hall–Kier alpha value is -2.20. The zero-order valence-corrected chi connectivity index (χ0v) is 16.0. The van der Waals surface area contributed by atoms with E-state index in [2.05, 4.69) is 20.5 Å². The maximum atomic E-state index is 12.4. The van der Waals surface area contributed by atoms with Crippen LogP contribution in [0.1, 0.15) is 12.8 Å². The van der Waals surface area contributed by atoms with Gasteiger partial charge in [0.2, 0.25) is 21.8 Å². The number of pyridine rings is 1. The van der Waals surface area contributed by atoms with Crippen molar-refractivity contribution in [1.29, 1.82) is 0 Å². The maximum Gasteiger partial charge on any atom is 0.239 e. The Morgan fingerprint density at radius 1 is 1.11 bits per heavy atom. The maximum absolute atomic E-state index is 12.4. The summed E-state index contributed by atoms with van der Waals surface area (Å²) in [5.74, 6) is 0.250. The van der Waals surface area contributed by atoms with Crippen molar-refractivity contribution in [2.45, 2.75) is 12.8 Å². The number of nitrogens with one attached hydrogen (secondary N) is 2. The molecule has 0 bridgehead atoms. The normalized spacial score (nSPS) is 18.1. The molecule has 1 aromatic rings. The molecule has 0 atom stereocenters. The third-order valence-corrected chi connectivity index (χ3v) is 6.53. The van der Waals surface area contributed by atoms with Crippen LogP contribution in [0.5, 0.6) is 0 Å². The summed E-state index contributed by atoms with van der Waals surface area (Å²) in [5, 5.41) is 5.10. The summed E-state index contributed by atoms with van der Waals surface area (Å²) in [6, 6.07) is 5.65. The third-order valence-electron chi connectivity index (χ3n) is 4.66. The van der Waals surface area contributed by atoms with Gasteiger partial charge in [-0.15, -0.1) is 0 Å². The van der Waals surface area contributed by atoms with E-state index in [9.17, 15) is 18.0 Å². The number of piperazine rings is 1. The fourth-order valence-electron chi connectivity index (χ4n) is 2.90. The van der Waals surface area contributed by atoms with E-state index in [0.29, 0.717) is 26.2 Å². The smallest absolute Gasteiger partial charge is 0.239 e. The summed E-state index contributed by atoms with van der Waals surface area (Å²) in [5.41, 5.74) is 0. The fraction of sp³-hybridized carbons (Fsp3) is 0.588. The van der Waals surface area contributed by atoms with E-state index < -0.39 is 10.0 Å². The first-order valence-electron chi connectivity index (χ1n) is 9.14. The number of hydrogen-bond donors (Lipinski definition) is 2. The van der Waals surface area contributed by atoms with Crippen LogP contribution in [0.3, 0.4) is 0 Å². The van der Waals surface area contributed by atoms with Crippen molar-refractivity contribution in [3.05, 3.63) is 24.4 Å². The molecule has 2 N–H and O–H groups in total. The molecular formula is C17H25N5O4S. The van der Waals surface area contributed by atoms with Gasteiger partial charge in [-0.1, -0.05) is 6.07 Å². The minimum absolute atomic E-state index is 0.0287. The van der Waals surface area contributed by atoms with Gasteiger partial charge >= 0.3 is 0 Å². The highest BCUT2D eigenvalue weighted by Crippen LogP contribution is 2.28. The lowest BCUT2D eigenvalue weighted by Crippen LogP contribution is -2.50. The van der Waals surface area contributed by atoms with Crippen LogP contribution in [-0.4, -0.2) is 74.5 Å². The Kier molecular flexibility index (Phi) is 6.27. The Balaban J connectivity index is 1.37. The van der Waals surface area contributed by atoms with Crippen LogP contribution in [0.15, 0.2) is 24.4 Å². The van der Waals surface area contributed by atoms with Crippen LogP contribution < -0.4 is 15.5 Å². The lowest BCUT2D eigenvalue weighted by atomic mass is 10.3. The van der Waals surface area contributed by atoms with Crippen molar-refractivity contribution >= 4 is 27.7 Å². The molecule has 1 aliphatic heterocycles. The van der Waals surface area contributed by atoms with Crippen molar-refractivity contribution in [1.82, 2.24) is 19.9 Å². The molecule has 148 valence electrons. The molecule has 1 saturated carbocycles. The summed E-state index contributed by atoms with van der Waals surface area (Å²) in [4.78, 5) is 29.5. The number of carbonyl (C=O) groups excluding carboxylic acids is 2. The molecular weight excluding hydrogens is 370 g/mol. The van der Waals surface area contributed by atoms with E-state index in [1.807, 2.05) is 18.2 Å². The molecule has 2 amide bonds. The van der Waals surface area contributed by atoms with Gasteiger partial charge in [0.1, 0.15) is 5.82 Å². The van der Waals surface area contributed by atoms with Crippen molar-refractivity contribution in [3.8, 4) is 0 Å². The van der Waals surface area contributed by atoms with Crippen molar-refractivity contribution in [2.75, 3.05) is 49.9 Å². The monoisotopic (exact) mass is 395 g/mol. The second-order valence-electron chi connectivity index (χ2n) is 6.73. The summed E-state index contributed by atoms with van der Waals surface area (Å²) in [6.07, 6.45) is 3.47. The Morgan fingerprint density at radius 3 is 2.48 bits per heavy atom.